The van der Waals surface area contributed by atoms with Crippen LogP contribution in [0.2, 0.25) is 0 Å². The van der Waals surface area contributed by atoms with Gasteiger partial charge in [0.25, 0.3) is 0 Å². The minimum absolute atomic E-state index is 0.279. The molecule has 19 heavy (non-hydrogen) atoms. The van der Waals surface area contributed by atoms with Crippen LogP contribution in [0.25, 0.3) is 0 Å². The van der Waals surface area contributed by atoms with Gasteiger partial charge in [0, 0.05) is 38.4 Å². The lowest BCUT2D eigenvalue weighted by Gasteiger charge is -2.33. The summed E-state index contributed by atoms with van der Waals surface area (Å²) in [5, 5.41) is 0. The molecule has 1 heterocycles. The molecule has 1 aliphatic rings. The van der Waals surface area contributed by atoms with Crippen molar-refractivity contribution < 1.29 is 4.79 Å². The summed E-state index contributed by atoms with van der Waals surface area (Å²) in [5.41, 5.74) is 0. The third kappa shape index (κ3) is 6.63. The lowest BCUT2D eigenvalue weighted by atomic mass is 9.96. The summed E-state index contributed by atoms with van der Waals surface area (Å²) in [6.45, 7) is 7.14. The predicted molar refractivity (Wildman–Crippen MR) is 79.7 cm³/mol. The molecular weight excluding hydrogens is 236 g/mol. The van der Waals surface area contributed by atoms with Crippen LogP contribution in [0, 0.1) is 23.7 Å². The highest BCUT2D eigenvalue weighted by Crippen LogP contribution is 2.18. The zero-order valence-electron chi connectivity index (χ0n) is 12.9. The Morgan fingerprint density at radius 2 is 1.95 bits per heavy atom. The van der Waals surface area contributed by atoms with Crippen LogP contribution in [0.15, 0.2) is 0 Å². The third-order valence-corrected chi connectivity index (χ3v) is 3.45. The van der Waals surface area contributed by atoms with Crippen LogP contribution < -0.4 is 0 Å². The minimum atomic E-state index is 0.279. The van der Waals surface area contributed by atoms with E-state index >= 15 is 0 Å². The molecule has 0 N–H and O–H groups in total. The highest BCUT2D eigenvalue weighted by molar-refractivity contribution is 5.76. The first-order valence-corrected chi connectivity index (χ1v) is 7.40. The maximum Gasteiger partial charge on any atom is 0.223 e. The number of carbonyl (C=O) groups is 1. The normalized spacial score (nSPS) is 16.6. The van der Waals surface area contributed by atoms with Crippen molar-refractivity contribution in [2.45, 2.75) is 39.5 Å². The van der Waals surface area contributed by atoms with Gasteiger partial charge in [-0.1, -0.05) is 13.8 Å². The van der Waals surface area contributed by atoms with Crippen molar-refractivity contribution in [1.29, 1.82) is 0 Å². The van der Waals surface area contributed by atoms with Gasteiger partial charge in [0.05, 0.1) is 0 Å². The molecule has 1 amide bonds. The fraction of sp³-hybridized carbons (Fsp3) is 0.812. The first-order chi connectivity index (χ1) is 8.99. The third-order valence-electron chi connectivity index (χ3n) is 3.45. The molecule has 0 unspecified atom stereocenters. The highest BCUT2D eigenvalue weighted by atomic mass is 16.2. The molecule has 1 saturated heterocycles. The van der Waals surface area contributed by atoms with Crippen molar-refractivity contribution in [1.82, 2.24) is 9.80 Å². The van der Waals surface area contributed by atoms with E-state index in [1.54, 1.807) is 0 Å². The summed E-state index contributed by atoms with van der Waals surface area (Å²) in [6, 6.07) is 0. The lowest BCUT2D eigenvalue weighted by Crippen LogP contribution is -2.40. The summed E-state index contributed by atoms with van der Waals surface area (Å²) >= 11 is 0. The average Bonchev–Trinajstić information content (AvgIpc) is 2.34. The van der Waals surface area contributed by atoms with Gasteiger partial charge >= 0.3 is 0 Å². The summed E-state index contributed by atoms with van der Waals surface area (Å²) in [7, 11) is 4.23. The summed E-state index contributed by atoms with van der Waals surface area (Å²) in [6.07, 6.45) is 3.57. The zero-order chi connectivity index (χ0) is 14.3. The molecular formula is C16H28N2O. The van der Waals surface area contributed by atoms with Gasteiger partial charge in [-0.3, -0.25) is 4.79 Å². The van der Waals surface area contributed by atoms with Crippen LogP contribution in [-0.4, -0.2) is 49.4 Å². The second-order valence-corrected chi connectivity index (χ2v) is 6.06. The van der Waals surface area contributed by atoms with Crippen LogP contribution in [0.4, 0.5) is 0 Å². The minimum Gasteiger partial charge on any atom is -0.343 e. The van der Waals surface area contributed by atoms with Crippen molar-refractivity contribution in [3.8, 4) is 11.8 Å². The van der Waals surface area contributed by atoms with Crippen LogP contribution in [0.5, 0.6) is 0 Å². The van der Waals surface area contributed by atoms with E-state index in [0.717, 1.165) is 38.4 Å². The number of hydrogen-bond acceptors (Lipinski definition) is 2. The van der Waals surface area contributed by atoms with Gasteiger partial charge in [0.2, 0.25) is 5.91 Å². The van der Waals surface area contributed by atoms with Crippen molar-refractivity contribution in [2.24, 2.45) is 11.8 Å². The fourth-order valence-electron chi connectivity index (χ4n) is 2.49. The summed E-state index contributed by atoms with van der Waals surface area (Å²) in [5.74, 6) is 7.62. The van der Waals surface area contributed by atoms with Gasteiger partial charge in [-0.2, -0.15) is 0 Å². The van der Waals surface area contributed by atoms with E-state index in [-0.39, 0.29) is 5.91 Å². The van der Waals surface area contributed by atoms with E-state index in [2.05, 4.69) is 44.7 Å². The monoisotopic (exact) mass is 264 g/mol. The Hall–Kier alpha value is -1.01. The van der Waals surface area contributed by atoms with Crippen molar-refractivity contribution >= 4 is 5.91 Å². The molecule has 0 saturated carbocycles. The van der Waals surface area contributed by atoms with Crippen LogP contribution in [0.1, 0.15) is 39.5 Å². The molecule has 0 aromatic carbocycles. The molecule has 1 aliphatic heterocycles. The van der Waals surface area contributed by atoms with E-state index in [0.29, 0.717) is 18.8 Å². The second-order valence-electron chi connectivity index (χ2n) is 6.06. The Balaban J connectivity index is 2.24. The number of hydrogen-bond donors (Lipinski definition) is 0. The zero-order valence-corrected chi connectivity index (χ0v) is 12.9. The molecule has 0 bridgehead atoms. The largest absolute Gasteiger partial charge is 0.343 e. The number of amides is 1. The topological polar surface area (TPSA) is 23.6 Å². The van der Waals surface area contributed by atoms with E-state index in [1.807, 2.05) is 4.90 Å². The molecule has 3 heteroatoms. The number of nitrogens with zero attached hydrogens (tertiary/aromatic N) is 2. The van der Waals surface area contributed by atoms with Crippen LogP contribution in [-0.2, 0) is 4.79 Å². The van der Waals surface area contributed by atoms with Gasteiger partial charge in [-0.05, 0) is 32.9 Å². The van der Waals surface area contributed by atoms with Crippen LogP contribution in [0.3, 0.4) is 0 Å². The molecule has 0 aliphatic carbocycles. The predicted octanol–water partition coefficient (Wildman–Crippen LogP) is 2.23. The van der Waals surface area contributed by atoms with Gasteiger partial charge < -0.3 is 9.80 Å². The average molecular weight is 264 g/mol. The van der Waals surface area contributed by atoms with Crippen molar-refractivity contribution in [2.75, 3.05) is 33.7 Å². The van der Waals surface area contributed by atoms with Crippen molar-refractivity contribution in [3.05, 3.63) is 0 Å². The SMILES string of the molecule is CC(C)C#CCCC(=O)N1CCC(CN(C)C)CC1. The van der Waals surface area contributed by atoms with E-state index in [4.69, 9.17) is 0 Å². The molecule has 0 aromatic heterocycles. The molecule has 1 rings (SSSR count). The Bertz CT molecular complexity index is 330. The number of rotatable bonds is 4. The molecule has 3 nitrogen and oxygen atoms in total. The fourth-order valence-corrected chi connectivity index (χ4v) is 2.49. The van der Waals surface area contributed by atoms with E-state index in [1.165, 1.54) is 0 Å². The number of carbonyl (C=O) groups excluding carboxylic acids is 1. The first kappa shape index (κ1) is 16.0. The van der Waals surface area contributed by atoms with Crippen molar-refractivity contribution in [3.63, 3.8) is 0 Å². The second kappa shape index (κ2) is 8.22. The molecule has 1 fully saturated rings. The Labute approximate surface area is 118 Å². The Kier molecular flexibility index (Phi) is 6.94. The summed E-state index contributed by atoms with van der Waals surface area (Å²) < 4.78 is 0. The highest BCUT2D eigenvalue weighted by Gasteiger charge is 2.22. The summed E-state index contributed by atoms with van der Waals surface area (Å²) in [4.78, 5) is 16.3. The van der Waals surface area contributed by atoms with Gasteiger partial charge in [0.1, 0.15) is 0 Å². The van der Waals surface area contributed by atoms with Crippen LogP contribution >= 0.6 is 0 Å². The Morgan fingerprint density at radius 1 is 1.32 bits per heavy atom. The first-order valence-electron chi connectivity index (χ1n) is 7.40. The smallest absolute Gasteiger partial charge is 0.223 e. The molecule has 0 radical (unpaired) electrons. The Morgan fingerprint density at radius 3 is 2.47 bits per heavy atom. The number of piperidine rings is 1. The quantitative estimate of drug-likeness (QED) is 0.727. The molecule has 108 valence electrons. The van der Waals surface area contributed by atoms with Gasteiger partial charge in [0.15, 0.2) is 0 Å². The van der Waals surface area contributed by atoms with Gasteiger partial charge in [-0.25, -0.2) is 0 Å². The lowest BCUT2D eigenvalue weighted by molar-refractivity contribution is -0.132. The van der Waals surface area contributed by atoms with E-state index < -0.39 is 0 Å². The maximum absolute atomic E-state index is 12.0. The molecule has 0 atom stereocenters. The standard InChI is InChI=1S/C16H28N2O/c1-14(2)7-5-6-8-16(19)18-11-9-15(10-12-18)13-17(3)4/h14-15H,6,8-13H2,1-4H3. The van der Waals surface area contributed by atoms with E-state index in [9.17, 15) is 4.79 Å². The maximum atomic E-state index is 12.0. The number of likely N-dealkylation sites (tertiary alicyclic amines) is 1. The molecule has 0 aromatic rings. The van der Waals surface area contributed by atoms with Gasteiger partial charge in [-0.15, -0.1) is 11.8 Å². The molecule has 0 spiro atoms.